The largest absolute Gasteiger partial charge is 0.493 e. The zero-order chi connectivity index (χ0) is 12.1. The zero-order valence-electron chi connectivity index (χ0n) is 10.8. The van der Waals surface area contributed by atoms with Crippen LogP contribution in [0.1, 0.15) is 31.4 Å². The molecule has 1 aliphatic carbocycles. The Morgan fingerprint density at radius 3 is 2.76 bits per heavy atom. The van der Waals surface area contributed by atoms with Crippen LogP contribution < -0.4 is 10.5 Å². The van der Waals surface area contributed by atoms with Crippen molar-refractivity contribution in [1.82, 2.24) is 0 Å². The van der Waals surface area contributed by atoms with Gasteiger partial charge in [0.05, 0.1) is 6.61 Å². The van der Waals surface area contributed by atoms with Crippen molar-refractivity contribution in [2.24, 2.45) is 16.6 Å². The van der Waals surface area contributed by atoms with Gasteiger partial charge in [0.2, 0.25) is 0 Å². The van der Waals surface area contributed by atoms with Gasteiger partial charge in [-0.05, 0) is 47.4 Å². The Morgan fingerprint density at radius 2 is 2.12 bits per heavy atom. The van der Waals surface area contributed by atoms with Crippen molar-refractivity contribution in [3.8, 4) is 5.75 Å². The van der Waals surface area contributed by atoms with Crippen LogP contribution in [0.25, 0.3) is 0 Å². The molecule has 1 fully saturated rings. The normalized spacial score (nSPS) is 28.6. The third-order valence-corrected chi connectivity index (χ3v) is 4.78. The molecule has 0 bridgehead atoms. The molecule has 3 rings (SSSR count). The summed E-state index contributed by atoms with van der Waals surface area (Å²) >= 11 is 0. The summed E-state index contributed by atoms with van der Waals surface area (Å²) in [5, 5.41) is 0. The van der Waals surface area contributed by atoms with E-state index >= 15 is 0 Å². The minimum absolute atomic E-state index is 0.334. The standard InChI is InChI=1S/C15H21NO/c1-14(2)9-15(14,10-16)8-11-3-4-13-12(7-11)5-6-17-13/h3-4,7H,5-6,8-10,16H2,1-2H3. The highest BCUT2D eigenvalue weighted by atomic mass is 16.5. The molecule has 1 heterocycles. The lowest BCUT2D eigenvalue weighted by Gasteiger charge is -2.18. The van der Waals surface area contributed by atoms with Crippen molar-refractivity contribution >= 4 is 0 Å². The maximum atomic E-state index is 5.98. The van der Waals surface area contributed by atoms with E-state index in [1.807, 2.05) is 0 Å². The monoisotopic (exact) mass is 231 g/mol. The van der Waals surface area contributed by atoms with E-state index in [2.05, 4.69) is 32.0 Å². The van der Waals surface area contributed by atoms with Gasteiger partial charge in [0.1, 0.15) is 5.75 Å². The number of rotatable bonds is 3. The van der Waals surface area contributed by atoms with E-state index in [1.165, 1.54) is 17.5 Å². The molecule has 1 saturated carbocycles. The average molecular weight is 231 g/mol. The topological polar surface area (TPSA) is 35.2 Å². The van der Waals surface area contributed by atoms with Crippen LogP contribution in [-0.4, -0.2) is 13.2 Å². The van der Waals surface area contributed by atoms with Gasteiger partial charge in [-0.2, -0.15) is 0 Å². The molecule has 2 nitrogen and oxygen atoms in total. The van der Waals surface area contributed by atoms with Gasteiger partial charge < -0.3 is 10.5 Å². The van der Waals surface area contributed by atoms with Crippen molar-refractivity contribution in [1.29, 1.82) is 0 Å². The van der Waals surface area contributed by atoms with Gasteiger partial charge in [0.25, 0.3) is 0 Å². The third-order valence-electron chi connectivity index (χ3n) is 4.78. The molecule has 2 heteroatoms. The van der Waals surface area contributed by atoms with Gasteiger partial charge in [0, 0.05) is 6.42 Å². The molecule has 92 valence electrons. The lowest BCUT2D eigenvalue weighted by Crippen LogP contribution is -2.23. The van der Waals surface area contributed by atoms with E-state index < -0.39 is 0 Å². The Bertz CT molecular complexity index is 452. The summed E-state index contributed by atoms with van der Waals surface area (Å²) < 4.78 is 5.54. The fourth-order valence-electron chi connectivity index (χ4n) is 3.26. The summed E-state index contributed by atoms with van der Waals surface area (Å²) in [5.41, 5.74) is 9.52. The predicted molar refractivity (Wildman–Crippen MR) is 69.2 cm³/mol. The minimum atomic E-state index is 0.334. The number of hydrogen-bond acceptors (Lipinski definition) is 2. The van der Waals surface area contributed by atoms with E-state index in [4.69, 9.17) is 10.5 Å². The second-order valence-corrected chi connectivity index (χ2v) is 6.26. The Kier molecular flexibility index (Phi) is 2.27. The summed E-state index contributed by atoms with van der Waals surface area (Å²) in [5.74, 6) is 1.07. The molecule has 1 aliphatic heterocycles. The number of hydrogen-bond donors (Lipinski definition) is 1. The summed E-state index contributed by atoms with van der Waals surface area (Å²) in [6.07, 6.45) is 3.43. The van der Waals surface area contributed by atoms with Gasteiger partial charge >= 0.3 is 0 Å². The second kappa shape index (κ2) is 3.49. The van der Waals surface area contributed by atoms with Gasteiger partial charge in [-0.1, -0.05) is 26.0 Å². The molecule has 0 amide bonds. The van der Waals surface area contributed by atoms with E-state index in [0.29, 0.717) is 10.8 Å². The van der Waals surface area contributed by atoms with Gasteiger partial charge in [-0.3, -0.25) is 0 Å². The van der Waals surface area contributed by atoms with Crippen molar-refractivity contribution in [3.63, 3.8) is 0 Å². The zero-order valence-corrected chi connectivity index (χ0v) is 10.8. The summed E-state index contributed by atoms with van der Waals surface area (Å²) in [6, 6.07) is 6.64. The molecule has 2 N–H and O–H groups in total. The first-order valence-electron chi connectivity index (χ1n) is 6.51. The maximum Gasteiger partial charge on any atom is 0.122 e. The van der Waals surface area contributed by atoms with Crippen LogP contribution in [0.5, 0.6) is 5.75 Å². The molecule has 1 aromatic carbocycles. The molecule has 1 aromatic rings. The first-order chi connectivity index (χ1) is 8.06. The predicted octanol–water partition coefficient (Wildman–Crippen LogP) is 2.54. The summed E-state index contributed by atoms with van der Waals surface area (Å²) in [4.78, 5) is 0. The molecule has 1 atom stereocenters. The van der Waals surface area contributed by atoms with Gasteiger partial charge in [-0.25, -0.2) is 0 Å². The summed E-state index contributed by atoms with van der Waals surface area (Å²) in [6.45, 7) is 6.30. The molecule has 0 saturated heterocycles. The number of benzene rings is 1. The van der Waals surface area contributed by atoms with Crippen LogP contribution in [0.15, 0.2) is 18.2 Å². The van der Waals surface area contributed by atoms with Crippen molar-refractivity contribution in [2.45, 2.75) is 33.1 Å². The van der Waals surface area contributed by atoms with Crippen LogP contribution in [-0.2, 0) is 12.8 Å². The van der Waals surface area contributed by atoms with Crippen LogP contribution in [0.3, 0.4) is 0 Å². The van der Waals surface area contributed by atoms with Crippen LogP contribution in [0, 0.1) is 10.8 Å². The molecule has 17 heavy (non-hydrogen) atoms. The van der Waals surface area contributed by atoms with Crippen LogP contribution in [0.2, 0.25) is 0 Å². The van der Waals surface area contributed by atoms with Crippen molar-refractivity contribution in [3.05, 3.63) is 29.3 Å². The molecule has 0 aromatic heterocycles. The van der Waals surface area contributed by atoms with Gasteiger partial charge in [0.15, 0.2) is 0 Å². The molecule has 0 spiro atoms. The number of nitrogens with two attached hydrogens (primary N) is 1. The SMILES string of the molecule is CC1(C)CC1(CN)Cc1ccc2c(c1)CCO2. The van der Waals surface area contributed by atoms with E-state index in [1.54, 1.807) is 0 Å². The van der Waals surface area contributed by atoms with E-state index in [-0.39, 0.29) is 0 Å². The Labute approximate surface area is 103 Å². The third kappa shape index (κ3) is 1.66. The molecule has 0 radical (unpaired) electrons. The Balaban J connectivity index is 1.82. The highest BCUT2D eigenvalue weighted by Crippen LogP contribution is 2.64. The lowest BCUT2D eigenvalue weighted by atomic mass is 9.88. The highest BCUT2D eigenvalue weighted by Gasteiger charge is 2.59. The number of fused-ring (bicyclic) bond motifs is 1. The fourth-order valence-corrected chi connectivity index (χ4v) is 3.26. The molecular formula is C15H21NO. The Morgan fingerprint density at radius 1 is 1.35 bits per heavy atom. The molecular weight excluding hydrogens is 210 g/mol. The van der Waals surface area contributed by atoms with Crippen molar-refractivity contribution < 1.29 is 4.74 Å². The van der Waals surface area contributed by atoms with Crippen LogP contribution >= 0.6 is 0 Å². The first kappa shape index (κ1) is 11.1. The fraction of sp³-hybridized carbons (Fsp3) is 0.600. The average Bonchev–Trinajstić information content (AvgIpc) is 2.66. The number of ether oxygens (including phenoxy) is 1. The smallest absolute Gasteiger partial charge is 0.122 e. The van der Waals surface area contributed by atoms with E-state index in [0.717, 1.165) is 31.7 Å². The summed E-state index contributed by atoms with van der Waals surface area (Å²) in [7, 11) is 0. The minimum Gasteiger partial charge on any atom is -0.493 e. The quantitative estimate of drug-likeness (QED) is 0.867. The van der Waals surface area contributed by atoms with Crippen LogP contribution in [0.4, 0.5) is 0 Å². The highest BCUT2D eigenvalue weighted by molar-refractivity contribution is 5.40. The Hall–Kier alpha value is -1.02. The second-order valence-electron chi connectivity index (χ2n) is 6.26. The van der Waals surface area contributed by atoms with Crippen molar-refractivity contribution in [2.75, 3.05) is 13.2 Å². The lowest BCUT2D eigenvalue weighted by molar-refractivity contribution is 0.356. The van der Waals surface area contributed by atoms with Gasteiger partial charge in [-0.15, -0.1) is 0 Å². The molecule has 1 unspecified atom stereocenters. The first-order valence-corrected chi connectivity index (χ1v) is 6.51. The maximum absolute atomic E-state index is 5.98. The van der Waals surface area contributed by atoms with E-state index in [9.17, 15) is 0 Å². The molecule has 2 aliphatic rings.